The van der Waals surface area contributed by atoms with Crippen LogP contribution in [0.25, 0.3) is 0 Å². The zero-order valence-corrected chi connectivity index (χ0v) is 4.79. The van der Waals surface area contributed by atoms with Crippen LogP contribution in [0.3, 0.4) is 0 Å². The molecule has 0 unspecified atom stereocenters. The van der Waals surface area contributed by atoms with Crippen LogP contribution in [0.4, 0.5) is 0 Å². The number of hydrogen-bond acceptors (Lipinski definition) is 2. The van der Waals surface area contributed by atoms with Crippen molar-refractivity contribution in [1.29, 1.82) is 0 Å². The number of amides is 1. The van der Waals surface area contributed by atoms with Gasteiger partial charge in [-0.2, -0.15) is 0 Å². The second kappa shape index (κ2) is 1.85. The predicted octanol–water partition coefficient (Wildman–Crippen LogP) is -0.00380. The van der Waals surface area contributed by atoms with Crippen molar-refractivity contribution in [3.8, 4) is 0 Å². The number of carbonyl (C=O) groups excluding carboxylic acids is 1. The Morgan fingerprint density at radius 3 is 2.78 bits per heavy atom. The van der Waals surface area contributed by atoms with Crippen LogP contribution in [0.1, 0.15) is 0 Å². The molecule has 2 N–H and O–H groups in total. The highest BCUT2D eigenvalue weighted by Crippen LogP contribution is 2.02. The van der Waals surface area contributed by atoms with E-state index in [1.165, 1.54) is 12.3 Å². The minimum absolute atomic E-state index is 0.320. The Hall–Kier alpha value is -1.38. The van der Waals surface area contributed by atoms with Crippen LogP contribution in [0, 0.1) is 0 Å². The van der Waals surface area contributed by atoms with Crippen LogP contribution in [0.15, 0.2) is 28.9 Å². The van der Waals surface area contributed by atoms with Gasteiger partial charge in [0.25, 0.3) is 5.91 Å². The van der Waals surface area contributed by atoms with E-state index in [4.69, 9.17) is 5.73 Å². The first kappa shape index (κ1) is 5.75. The summed E-state index contributed by atoms with van der Waals surface area (Å²) in [6.07, 6.45) is 2.61. The number of carbonyl (C=O) groups is 1. The van der Waals surface area contributed by atoms with Crippen LogP contribution in [0.2, 0.25) is 0 Å². The van der Waals surface area contributed by atoms with Gasteiger partial charge >= 0.3 is 0 Å². The SMILES string of the molecule is C=C1C=NC(=O)C=C1N. The van der Waals surface area contributed by atoms with Gasteiger partial charge in [0, 0.05) is 23.6 Å². The summed E-state index contributed by atoms with van der Waals surface area (Å²) in [5, 5.41) is 0. The van der Waals surface area contributed by atoms with Crippen molar-refractivity contribution in [2.45, 2.75) is 0 Å². The minimum Gasteiger partial charge on any atom is -0.398 e. The maximum Gasteiger partial charge on any atom is 0.271 e. The number of aliphatic imine (C=N–C) groups is 1. The number of nitrogens with zero attached hydrogens (tertiary/aromatic N) is 1. The van der Waals surface area contributed by atoms with E-state index in [2.05, 4.69) is 11.6 Å². The fourth-order valence-electron chi connectivity index (χ4n) is 0.479. The first-order chi connectivity index (χ1) is 4.20. The summed E-state index contributed by atoms with van der Waals surface area (Å²) < 4.78 is 0. The Labute approximate surface area is 52.6 Å². The van der Waals surface area contributed by atoms with Gasteiger partial charge in [0.1, 0.15) is 0 Å². The van der Waals surface area contributed by atoms with E-state index in [1.807, 2.05) is 0 Å². The number of allylic oxidation sites excluding steroid dienone is 1. The van der Waals surface area contributed by atoms with Crippen LogP contribution >= 0.6 is 0 Å². The molecule has 46 valence electrons. The standard InChI is InChI=1S/C6H6N2O/c1-4-3-8-6(9)2-5(4)7/h2-3H,1,7H2. The molecule has 0 aromatic heterocycles. The second-order valence-electron chi connectivity index (χ2n) is 1.72. The molecule has 3 heteroatoms. The van der Waals surface area contributed by atoms with Crippen molar-refractivity contribution in [3.05, 3.63) is 23.9 Å². The second-order valence-corrected chi connectivity index (χ2v) is 1.72. The first-order valence-electron chi connectivity index (χ1n) is 2.44. The maximum atomic E-state index is 10.4. The average molecular weight is 122 g/mol. The number of rotatable bonds is 0. The molecule has 0 aromatic carbocycles. The lowest BCUT2D eigenvalue weighted by molar-refractivity contribution is -0.113. The van der Waals surface area contributed by atoms with Gasteiger partial charge in [-0.25, -0.2) is 4.99 Å². The summed E-state index contributed by atoms with van der Waals surface area (Å²) in [6, 6.07) is 0. The van der Waals surface area contributed by atoms with Crippen LogP contribution in [-0.4, -0.2) is 12.1 Å². The highest BCUT2D eigenvalue weighted by molar-refractivity contribution is 6.03. The molecule has 0 aromatic rings. The van der Waals surface area contributed by atoms with Gasteiger partial charge in [0.2, 0.25) is 0 Å². The summed E-state index contributed by atoms with van der Waals surface area (Å²) in [5.41, 5.74) is 6.31. The van der Waals surface area contributed by atoms with E-state index in [-0.39, 0.29) is 5.91 Å². The molecule has 0 spiro atoms. The van der Waals surface area contributed by atoms with Gasteiger partial charge in [0.15, 0.2) is 0 Å². The molecular formula is C6H6N2O. The van der Waals surface area contributed by atoms with E-state index >= 15 is 0 Å². The molecule has 1 amide bonds. The van der Waals surface area contributed by atoms with Gasteiger partial charge < -0.3 is 5.73 Å². The third-order valence-electron chi connectivity index (χ3n) is 0.997. The number of dihydropyridines is 1. The molecule has 3 nitrogen and oxygen atoms in total. The summed E-state index contributed by atoms with van der Waals surface area (Å²) in [7, 11) is 0. The van der Waals surface area contributed by atoms with Crippen molar-refractivity contribution in [3.63, 3.8) is 0 Å². The molecule has 0 saturated heterocycles. The fourth-order valence-corrected chi connectivity index (χ4v) is 0.479. The smallest absolute Gasteiger partial charge is 0.271 e. The monoisotopic (exact) mass is 122 g/mol. The molecule has 0 saturated carbocycles. The normalized spacial score (nSPS) is 18.0. The fraction of sp³-hybridized carbons (Fsp3) is 0. The number of hydrogen-bond donors (Lipinski definition) is 1. The van der Waals surface area contributed by atoms with Gasteiger partial charge in [-0.3, -0.25) is 4.79 Å². The molecule has 1 aliphatic heterocycles. The molecule has 0 atom stereocenters. The zero-order chi connectivity index (χ0) is 6.85. The molecule has 1 aliphatic rings. The Balaban J connectivity index is 2.95. The summed E-state index contributed by atoms with van der Waals surface area (Å²) in [5.74, 6) is -0.320. The molecular weight excluding hydrogens is 116 g/mol. The predicted molar refractivity (Wildman–Crippen MR) is 34.9 cm³/mol. The van der Waals surface area contributed by atoms with Crippen molar-refractivity contribution < 1.29 is 4.79 Å². The van der Waals surface area contributed by atoms with Crippen molar-refractivity contribution in [2.75, 3.05) is 0 Å². The molecule has 0 aliphatic carbocycles. The van der Waals surface area contributed by atoms with Crippen molar-refractivity contribution in [2.24, 2.45) is 10.7 Å². The third kappa shape index (κ3) is 1.05. The lowest BCUT2D eigenvalue weighted by atomic mass is 10.2. The highest BCUT2D eigenvalue weighted by atomic mass is 16.1. The first-order valence-corrected chi connectivity index (χ1v) is 2.44. The minimum atomic E-state index is -0.320. The Morgan fingerprint density at radius 2 is 2.33 bits per heavy atom. The topological polar surface area (TPSA) is 55.5 Å². The summed E-state index contributed by atoms with van der Waals surface area (Å²) >= 11 is 0. The molecule has 1 rings (SSSR count). The summed E-state index contributed by atoms with van der Waals surface area (Å²) in [4.78, 5) is 13.9. The van der Waals surface area contributed by atoms with E-state index in [0.717, 1.165) is 0 Å². The lowest BCUT2D eigenvalue weighted by Crippen LogP contribution is -2.09. The maximum absolute atomic E-state index is 10.4. The molecule has 0 fully saturated rings. The largest absolute Gasteiger partial charge is 0.398 e. The van der Waals surface area contributed by atoms with Gasteiger partial charge in [0.05, 0.1) is 0 Å². The average Bonchev–Trinajstić information content (AvgIpc) is 1.80. The Kier molecular flexibility index (Phi) is 1.18. The van der Waals surface area contributed by atoms with E-state index < -0.39 is 0 Å². The Morgan fingerprint density at radius 1 is 1.67 bits per heavy atom. The number of nitrogens with two attached hydrogens (primary N) is 1. The lowest BCUT2D eigenvalue weighted by Gasteiger charge is -2.01. The van der Waals surface area contributed by atoms with E-state index in [1.54, 1.807) is 0 Å². The van der Waals surface area contributed by atoms with Gasteiger partial charge in [-0.05, 0) is 0 Å². The Bertz CT molecular complexity index is 225. The van der Waals surface area contributed by atoms with Crippen LogP contribution < -0.4 is 5.73 Å². The molecule has 0 radical (unpaired) electrons. The van der Waals surface area contributed by atoms with Gasteiger partial charge in [-0.15, -0.1) is 0 Å². The van der Waals surface area contributed by atoms with Crippen molar-refractivity contribution >= 4 is 12.1 Å². The summed E-state index contributed by atoms with van der Waals surface area (Å²) in [6.45, 7) is 3.53. The zero-order valence-electron chi connectivity index (χ0n) is 4.79. The quantitative estimate of drug-likeness (QED) is 0.491. The molecule has 1 heterocycles. The van der Waals surface area contributed by atoms with Gasteiger partial charge in [-0.1, -0.05) is 6.58 Å². The van der Waals surface area contributed by atoms with E-state index in [0.29, 0.717) is 11.3 Å². The third-order valence-corrected chi connectivity index (χ3v) is 0.997. The molecule has 9 heavy (non-hydrogen) atoms. The molecule has 0 bridgehead atoms. The van der Waals surface area contributed by atoms with Crippen LogP contribution in [-0.2, 0) is 4.79 Å². The van der Waals surface area contributed by atoms with Crippen molar-refractivity contribution in [1.82, 2.24) is 0 Å². The van der Waals surface area contributed by atoms with E-state index in [9.17, 15) is 4.79 Å². The highest BCUT2D eigenvalue weighted by Gasteiger charge is 2.03. The van der Waals surface area contributed by atoms with Crippen LogP contribution in [0.5, 0.6) is 0 Å².